The molecule has 0 aliphatic heterocycles. The molecule has 6 nitrogen and oxygen atoms in total. The average Bonchev–Trinajstić information content (AvgIpc) is 3.30. The van der Waals surface area contributed by atoms with E-state index in [0.29, 0.717) is 19.3 Å². The van der Waals surface area contributed by atoms with Gasteiger partial charge in [0, 0.05) is 19.3 Å². The average molecular weight is 914 g/mol. The van der Waals surface area contributed by atoms with Crippen LogP contribution in [0.1, 0.15) is 303 Å². The van der Waals surface area contributed by atoms with Crippen LogP contribution < -0.4 is 0 Å². The van der Waals surface area contributed by atoms with Crippen LogP contribution in [0.2, 0.25) is 0 Å². The number of unbranched alkanes of at least 4 members (excludes halogenated alkanes) is 35. The van der Waals surface area contributed by atoms with Crippen LogP contribution in [0.25, 0.3) is 0 Å². The van der Waals surface area contributed by atoms with Crippen molar-refractivity contribution in [2.24, 2.45) is 0 Å². The second-order valence-corrected chi connectivity index (χ2v) is 19.2. The Hall–Kier alpha value is -2.37. The van der Waals surface area contributed by atoms with E-state index in [9.17, 15) is 14.4 Å². The second kappa shape index (κ2) is 54.2. The normalized spacial score (nSPS) is 12.2. The Bertz CT molecular complexity index is 1090. The van der Waals surface area contributed by atoms with E-state index < -0.39 is 6.10 Å². The quantitative estimate of drug-likeness (QED) is 0.0262. The number of carbonyl (C=O) groups is 3. The highest BCUT2D eigenvalue weighted by molar-refractivity contribution is 5.71. The minimum atomic E-state index is -0.782. The lowest BCUT2D eigenvalue weighted by atomic mass is 10.1. The van der Waals surface area contributed by atoms with E-state index >= 15 is 0 Å². The molecule has 0 radical (unpaired) electrons. The summed E-state index contributed by atoms with van der Waals surface area (Å²) in [4.78, 5) is 38.1. The summed E-state index contributed by atoms with van der Waals surface area (Å²) in [6.45, 7) is 6.64. The molecule has 0 aliphatic rings. The molecule has 0 aliphatic carbocycles. The molecule has 0 saturated heterocycles. The van der Waals surface area contributed by atoms with E-state index in [1.165, 1.54) is 186 Å². The molecule has 1 unspecified atom stereocenters. The molecule has 380 valence electrons. The maximum atomic E-state index is 12.8. The van der Waals surface area contributed by atoms with Crippen molar-refractivity contribution in [2.45, 2.75) is 309 Å². The number of allylic oxidation sites excluding steroid dienone is 6. The number of ether oxygens (including phenoxy) is 3. The molecule has 0 aromatic heterocycles. The third-order valence-electron chi connectivity index (χ3n) is 12.6. The fraction of sp³-hybridized carbons (Fsp3) is 0.847. The zero-order valence-corrected chi connectivity index (χ0v) is 43.5. The lowest BCUT2D eigenvalue weighted by Gasteiger charge is -2.18. The van der Waals surface area contributed by atoms with Crippen LogP contribution in [0, 0.1) is 0 Å². The van der Waals surface area contributed by atoms with Gasteiger partial charge in [0.2, 0.25) is 0 Å². The van der Waals surface area contributed by atoms with Crippen LogP contribution in [0.15, 0.2) is 36.5 Å². The van der Waals surface area contributed by atoms with Gasteiger partial charge in [-0.2, -0.15) is 0 Å². The van der Waals surface area contributed by atoms with E-state index in [2.05, 4.69) is 57.2 Å². The van der Waals surface area contributed by atoms with E-state index in [1.807, 2.05) is 0 Å². The summed E-state index contributed by atoms with van der Waals surface area (Å²) in [5.41, 5.74) is 0. The highest BCUT2D eigenvalue weighted by atomic mass is 16.6. The van der Waals surface area contributed by atoms with Crippen LogP contribution in [0.4, 0.5) is 0 Å². The Balaban J connectivity index is 4.38. The van der Waals surface area contributed by atoms with Gasteiger partial charge in [0.15, 0.2) is 6.10 Å². The van der Waals surface area contributed by atoms with Gasteiger partial charge in [-0.1, -0.05) is 224 Å². The van der Waals surface area contributed by atoms with Crippen molar-refractivity contribution in [3.63, 3.8) is 0 Å². The first kappa shape index (κ1) is 62.6. The summed E-state index contributed by atoms with van der Waals surface area (Å²) < 4.78 is 16.8. The first-order chi connectivity index (χ1) is 32.0. The Kier molecular flexibility index (Phi) is 52.3. The van der Waals surface area contributed by atoms with Crippen molar-refractivity contribution >= 4 is 17.9 Å². The first-order valence-corrected chi connectivity index (χ1v) is 28.5. The number of carbonyl (C=O) groups excluding carboxylic acids is 3. The van der Waals surface area contributed by atoms with E-state index in [4.69, 9.17) is 14.2 Å². The summed E-state index contributed by atoms with van der Waals surface area (Å²) in [6, 6.07) is 0. The molecule has 0 aromatic rings. The zero-order chi connectivity index (χ0) is 47.2. The maximum absolute atomic E-state index is 12.8. The molecule has 0 aromatic carbocycles. The Morgan fingerprint density at radius 3 is 0.785 bits per heavy atom. The minimum Gasteiger partial charge on any atom is -0.462 e. The summed E-state index contributed by atoms with van der Waals surface area (Å²) >= 11 is 0. The van der Waals surface area contributed by atoms with Gasteiger partial charge < -0.3 is 14.2 Å². The number of rotatable bonds is 52. The fourth-order valence-corrected chi connectivity index (χ4v) is 8.25. The van der Waals surface area contributed by atoms with E-state index in [-0.39, 0.29) is 31.1 Å². The summed E-state index contributed by atoms with van der Waals surface area (Å²) in [5.74, 6) is -0.895. The lowest BCUT2D eigenvalue weighted by Crippen LogP contribution is -2.30. The van der Waals surface area contributed by atoms with Crippen LogP contribution in [-0.4, -0.2) is 37.2 Å². The third-order valence-corrected chi connectivity index (χ3v) is 12.6. The number of hydrogen-bond donors (Lipinski definition) is 0. The molecule has 65 heavy (non-hydrogen) atoms. The standard InChI is InChI=1S/C59H108O6/c1-4-7-10-13-16-19-22-25-28-30-32-34-37-40-43-46-49-52-58(61)64-55-56(54-63-57(60)51-48-45-42-39-36-33-27-24-21-18-15-12-9-6-3)65-59(62)53-50-47-44-41-38-35-31-29-26-23-20-17-14-11-8-5-2/h25,28-29,31,33,36,56H,4-24,26-27,30,32,34-35,37-55H2,1-3H3/b28-25-,31-29-,36-33-. The van der Waals surface area contributed by atoms with Gasteiger partial charge in [-0.3, -0.25) is 14.4 Å². The molecule has 0 rings (SSSR count). The largest absolute Gasteiger partial charge is 0.462 e. The zero-order valence-electron chi connectivity index (χ0n) is 43.5. The van der Waals surface area contributed by atoms with Crippen molar-refractivity contribution in [3.8, 4) is 0 Å². The van der Waals surface area contributed by atoms with Crippen molar-refractivity contribution in [2.75, 3.05) is 13.2 Å². The maximum Gasteiger partial charge on any atom is 0.306 e. The monoisotopic (exact) mass is 913 g/mol. The van der Waals surface area contributed by atoms with Crippen LogP contribution in [0.3, 0.4) is 0 Å². The summed E-state index contributed by atoms with van der Waals surface area (Å²) in [5, 5.41) is 0. The molecule has 1 atom stereocenters. The van der Waals surface area contributed by atoms with Gasteiger partial charge in [0.05, 0.1) is 0 Å². The molecule has 0 bridgehead atoms. The third kappa shape index (κ3) is 52.5. The van der Waals surface area contributed by atoms with E-state index in [0.717, 1.165) is 77.0 Å². The minimum absolute atomic E-state index is 0.0804. The van der Waals surface area contributed by atoms with Gasteiger partial charge >= 0.3 is 17.9 Å². The number of hydrogen-bond acceptors (Lipinski definition) is 6. The van der Waals surface area contributed by atoms with Gasteiger partial charge in [0.25, 0.3) is 0 Å². The van der Waals surface area contributed by atoms with Gasteiger partial charge in [-0.15, -0.1) is 0 Å². The molecule has 0 N–H and O–H groups in total. The Morgan fingerprint density at radius 1 is 0.292 bits per heavy atom. The molecule has 0 saturated carbocycles. The van der Waals surface area contributed by atoms with Crippen LogP contribution in [-0.2, 0) is 28.6 Å². The number of esters is 3. The molecular formula is C59H108O6. The van der Waals surface area contributed by atoms with Crippen molar-refractivity contribution in [1.82, 2.24) is 0 Å². The highest BCUT2D eigenvalue weighted by Crippen LogP contribution is 2.15. The molecule has 0 amide bonds. The fourth-order valence-electron chi connectivity index (χ4n) is 8.25. The predicted molar refractivity (Wildman–Crippen MR) is 279 cm³/mol. The summed E-state index contributed by atoms with van der Waals surface area (Å²) in [6.07, 6.45) is 64.2. The van der Waals surface area contributed by atoms with Crippen molar-refractivity contribution in [1.29, 1.82) is 0 Å². The highest BCUT2D eigenvalue weighted by Gasteiger charge is 2.19. The van der Waals surface area contributed by atoms with Crippen molar-refractivity contribution in [3.05, 3.63) is 36.5 Å². The van der Waals surface area contributed by atoms with Crippen LogP contribution >= 0.6 is 0 Å². The molecule has 0 spiro atoms. The van der Waals surface area contributed by atoms with Gasteiger partial charge in [0.1, 0.15) is 13.2 Å². The smallest absolute Gasteiger partial charge is 0.306 e. The molecule has 6 heteroatoms. The molecule has 0 fully saturated rings. The SMILES string of the molecule is CCCCCCCC/C=C\CCCCCCCCCC(=O)OCC(COC(=O)CCCCC/C=C\CCCCCCCCC)OC(=O)CCCCCCC/C=C\CCCCCCCCC. The van der Waals surface area contributed by atoms with Crippen molar-refractivity contribution < 1.29 is 28.6 Å². The summed E-state index contributed by atoms with van der Waals surface area (Å²) in [7, 11) is 0. The Morgan fingerprint density at radius 2 is 0.508 bits per heavy atom. The topological polar surface area (TPSA) is 78.9 Å². The predicted octanol–water partition coefficient (Wildman–Crippen LogP) is 18.9. The van der Waals surface area contributed by atoms with Gasteiger partial charge in [-0.25, -0.2) is 0 Å². The Labute approximate surface area is 404 Å². The van der Waals surface area contributed by atoms with Crippen LogP contribution in [0.5, 0.6) is 0 Å². The first-order valence-electron chi connectivity index (χ1n) is 28.5. The molecular weight excluding hydrogens is 805 g/mol. The van der Waals surface area contributed by atoms with Gasteiger partial charge in [-0.05, 0) is 96.3 Å². The second-order valence-electron chi connectivity index (χ2n) is 19.2. The molecule has 0 heterocycles. The lowest BCUT2D eigenvalue weighted by molar-refractivity contribution is -0.167. The van der Waals surface area contributed by atoms with E-state index in [1.54, 1.807) is 0 Å².